The first-order chi connectivity index (χ1) is 15.1. The standard InChI is InChI=1S/C23H22F3NO3S2/c1-4-29-19-10-15(8-9-18(19)30-13-14(2)3)11-20-21(28)27(22(31)32-20)17-7-5-6-16(12-17)23(24,25)26/h5-12,14H,4,13H2,1-3H3/b20-11+. The van der Waals surface area contributed by atoms with Crippen LogP contribution in [0, 0.1) is 5.92 Å². The summed E-state index contributed by atoms with van der Waals surface area (Å²) in [4.78, 5) is 14.4. The second kappa shape index (κ2) is 9.95. The highest BCUT2D eigenvalue weighted by Crippen LogP contribution is 2.39. The second-order valence-electron chi connectivity index (χ2n) is 7.41. The Hall–Kier alpha value is -2.52. The summed E-state index contributed by atoms with van der Waals surface area (Å²) in [6.45, 7) is 6.93. The van der Waals surface area contributed by atoms with E-state index in [0.29, 0.717) is 41.1 Å². The molecule has 0 bridgehead atoms. The van der Waals surface area contributed by atoms with Gasteiger partial charge in [0.1, 0.15) is 0 Å². The molecule has 0 saturated carbocycles. The Morgan fingerprint density at radius 2 is 1.88 bits per heavy atom. The van der Waals surface area contributed by atoms with Crippen LogP contribution >= 0.6 is 24.0 Å². The van der Waals surface area contributed by atoms with Crippen LogP contribution in [-0.4, -0.2) is 23.4 Å². The third-order valence-electron chi connectivity index (χ3n) is 4.36. The molecule has 0 aliphatic carbocycles. The van der Waals surface area contributed by atoms with E-state index >= 15 is 0 Å². The number of benzene rings is 2. The van der Waals surface area contributed by atoms with Crippen molar-refractivity contribution in [2.24, 2.45) is 5.92 Å². The quantitative estimate of drug-likeness (QED) is 0.331. The lowest BCUT2D eigenvalue weighted by Gasteiger charge is -2.16. The molecule has 0 atom stereocenters. The Kier molecular flexibility index (Phi) is 7.51. The first-order valence-electron chi connectivity index (χ1n) is 9.95. The van der Waals surface area contributed by atoms with Crippen LogP contribution < -0.4 is 14.4 Å². The lowest BCUT2D eigenvalue weighted by Crippen LogP contribution is -2.27. The molecule has 0 N–H and O–H groups in total. The van der Waals surface area contributed by atoms with Gasteiger partial charge in [-0.05, 0) is 54.8 Å². The Bertz CT molecular complexity index is 1050. The number of hydrogen-bond donors (Lipinski definition) is 0. The Labute approximate surface area is 194 Å². The number of hydrogen-bond acceptors (Lipinski definition) is 5. The number of amides is 1. The van der Waals surface area contributed by atoms with Gasteiger partial charge in [-0.25, -0.2) is 0 Å². The van der Waals surface area contributed by atoms with Crippen LogP contribution in [0.1, 0.15) is 31.9 Å². The van der Waals surface area contributed by atoms with Gasteiger partial charge in [0.15, 0.2) is 15.8 Å². The number of alkyl halides is 3. The second-order valence-corrected chi connectivity index (χ2v) is 9.09. The summed E-state index contributed by atoms with van der Waals surface area (Å²) in [6, 6.07) is 9.87. The number of carbonyl (C=O) groups excluding carboxylic acids is 1. The molecule has 2 aromatic rings. The molecule has 1 aliphatic heterocycles. The molecule has 1 amide bonds. The van der Waals surface area contributed by atoms with Gasteiger partial charge in [-0.2, -0.15) is 13.2 Å². The molecule has 4 nitrogen and oxygen atoms in total. The zero-order chi connectivity index (χ0) is 23.5. The van der Waals surface area contributed by atoms with Gasteiger partial charge < -0.3 is 9.47 Å². The molecule has 32 heavy (non-hydrogen) atoms. The number of rotatable bonds is 7. The number of carbonyl (C=O) groups is 1. The highest BCUT2D eigenvalue weighted by atomic mass is 32.2. The number of anilines is 1. The van der Waals surface area contributed by atoms with Crippen LogP contribution in [0.5, 0.6) is 11.5 Å². The van der Waals surface area contributed by atoms with Crippen LogP contribution in [-0.2, 0) is 11.0 Å². The summed E-state index contributed by atoms with van der Waals surface area (Å²) in [5.41, 5.74) is -0.0700. The molecule has 0 spiro atoms. The van der Waals surface area contributed by atoms with Crippen molar-refractivity contribution in [1.82, 2.24) is 0 Å². The van der Waals surface area contributed by atoms with Gasteiger partial charge >= 0.3 is 6.18 Å². The fourth-order valence-electron chi connectivity index (χ4n) is 2.92. The van der Waals surface area contributed by atoms with Crippen molar-refractivity contribution in [3.8, 4) is 11.5 Å². The molecule has 1 heterocycles. The van der Waals surface area contributed by atoms with Crippen molar-refractivity contribution in [2.45, 2.75) is 26.9 Å². The molecule has 9 heteroatoms. The number of thiocarbonyl (C=S) groups is 1. The van der Waals surface area contributed by atoms with E-state index in [1.54, 1.807) is 24.3 Å². The Morgan fingerprint density at radius 1 is 1.12 bits per heavy atom. The van der Waals surface area contributed by atoms with E-state index in [4.69, 9.17) is 21.7 Å². The van der Waals surface area contributed by atoms with E-state index in [1.807, 2.05) is 20.8 Å². The zero-order valence-electron chi connectivity index (χ0n) is 17.7. The Balaban J connectivity index is 1.88. The molecular weight excluding hydrogens is 459 g/mol. The number of nitrogens with zero attached hydrogens (tertiary/aromatic N) is 1. The van der Waals surface area contributed by atoms with E-state index in [1.165, 1.54) is 12.1 Å². The predicted molar refractivity (Wildman–Crippen MR) is 125 cm³/mol. The van der Waals surface area contributed by atoms with Gasteiger partial charge in [-0.3, -0.25) is 9.69 Å². The fraction of sp³-hybridized carbons (Fsp3) is 0.304. The predicted octanol–water partition coefficient (Wildman–Crippen LogP) is 6.54. The zero-order valence-corrected chi connectivity index (χ0v) is 19.4. The van der Waals surface area contributed by atoms with Crippen LogP contribution in [0.3, 0.4) is 0 Å². The largest absolute Gasteiger partial charge is 0.490 e. The topological polar surface area (TPSA) is 38.8 Å². The van der Waals surface area contributed by atoms with E-state index in [9.17, 15) is 18.0 Å². The van der Waals surface area contributed by atoms with Crippen LogP contribution in [0.2, 0.25) is 0 Å². The van der Waals surface area contributed by atoms with Crippen molar-refractivity contribution in [1.29, 1.82) is 0 Å². The normalized spacial score (nSPS) is 15.7. The molecule has 0 aromatic heterocycles. The lowest BCUT2D eigenvalue weighted by molar-refractivity contribution is -0.137. The van der Waals surface area contributed by atoms with Gasteiger partial charge in [-0.1, -0.05) is 50.0 Å². The number of halogens is 3. The van der Waals surface area contributed by atoms with Crippen molar-refractivity contribution in [2.75, 3.05) is 18.1 Å². The first-order valence-corrected chi connectivity index (χ1v) is 11.2. The molecule has 1 fully saturated rings. The van der Waals surface area contributed by atoms with Crippen molar-refractivity contribution in [3.63, 3.8) is 0 Å². The minimum atomic E-state index is -4.51. The summed E-state index contributed by atoms with van der Waals surface area (Å²) in [5, 5.41) is 0. The van der Waals surface area contributed by atoms with E-state index in [0.717, 1.165) is 28.8 Å². The highest BCUT2D eigenvalue weighted by molar-refractivity contribution is 8.27. The molecule has 0 radical (unpaired) electrons. The molecule has 1 saturated heterocycles. The summed E-state index contributed by atoms with van der Waals surface area (Å²) in [6.07, 6.45) is -2.87. The molecule has 3 rings (SSSR count). The van der Waals surface area contributed by atoms with E-state index < -0.39 is 17.6 Å². The Morgan fingerprint density at radius 3 is 2.53 bits per heavy atom. The fourth-order valence-corrected chi connectivity index (χ4v) is 4.22. The van der Waals surface area contributed by atoms with Gasteiger partial charge in [0.2, 0.25) is 0 Å². The van der Waals surface area contributed by atoms with E-state index in [-0.39, 0.29) is 10.0 Å². The molecule has 2 aromatic carbocycles. The van der Waals surface area contributed by atoms with Crippen LogP contribution in [0.4, 0.5) is 18.9 Å². The number of ether oxygens (including phenoxy) is 2. The molecule has 1 aliphatic rings. The van der Waals surface area contributed by atoms with Gasteiger partial charge in [0, 0.05) is 0 Å². The third-order valence-corrected chi connectivity index (χ3v) is 5.67. The average Bonchev–Trinajstić information content (AvgIpc) is 3.00. The summed E-state index contributed by atoms with van der Waals surface area (Å²) < 4.78 is 50.8. The average molecular weight is 482 g/mol. The molecular formula is C23H22F3NO3S2. The minimum absolute atomic E-state index is 0.0816. The van der Waals surface area contributed by atoms with Crippen molar-refractivity contribution < 1.29 is 27.4 Å². The maximum atomic E-state index is 13.1. The summed E-state index contributed by atoms with van der Waals surface area (Å²) in [7, 11) is 0. The smallest absolute Gasteiger partial charge is 0.416 e. The maximum Gasteiger partial charge on any atom is 0.416 e. The minimum Gasteiger partial charge on any atom is -0.490 e. The van der Waals surface area contributed by atoms with Crippen molar-refractivity contribution in [3.05, 3.63) is 58.5 Å². The maximum absolute atomic E-state index is 13.1. The monoisotopic (exact) mass is 481 g/mol. The molecule has 0 unspecified atom stereocenters. The van der Waals surface area contributed by atoms with Gasteiger partial charge in [-0.15, -0.1) is 0 Å². The van der Waals surface area contributed by atoms with Crippen molar-refractivity contribution >= 4 is 46.0 Å². The lowest BCUT2D eigenvalue weighted by atomic mass is 10.1. The number of thioether (sulfide) groups is 1. The summed E-state index contributed by atoms with van der Waals surface area (Å²) >= 11 is 6.32. The molecule has 170 valence electrons. The van der Waals surface area contributed by atoms with E-state index in [2.05, 4.69) is 0 Å². The van der Waals surface area contributed by atoms with Crippen LogP contribution in [0.25, 0.3) is 6.08 Å². The van der Waals surface area contributed by atoms with Crippen LogP contribution in [0.15, 0.2) is 47.4 Å². The first kappa shape index (κ1) is 24.1. The highest BCUT2D eigenvalue weighted by Gasteiger charge is 2.36. The summed E-state index contributed by atoms with van der Waals surface area (Å²) in [5.74, 6) is 1.03. The SMILES string of the molecule is CCOc1cc(/C=C2/SC(=S)N(c3cccc(C(F)(F)F)c3)C2=O)ccc1OCC(C)C. The van der Waals surface area contributed by atoms with Gasteiger partial charge in [0.05, 0.1) is 29.4 Å². The van der Waals surface area contributed by atoms with Gasteiger partial charge in [0.25, 0.3) is 5.91 Å². The third kappa shape index (κ3) is 5.63.